The van der Waals surface area contributed by atoms with Crippen molar-refractivity contribution in [3.63, 3.8) is 0 Å². The lowest BCUT2D eigenvalue weighted by atomic mass is 10.0. The zero-order valence-corrected chi connectivity index (χ0v) is 25.2. The largest absolute Gasteiger partial charge is 0.445 e. The second-order valence-electron chi connectivity index (χ2n) is 11.1. The first-order valence-electron chi connectivity index (χ1n) is 14.8. The highest BCUT2D eigenvalue weighted by Crippen LogP contribution is 2.18. The summed E-state index contributed by atoms with van der Waals surface area (Å²) in [5.41, 5.74) is 13.9. The number of carbonyl (C=O) groups is 2. The van der Waals surface area contributed by atoms with E-state index in [-0.39, 0.29) is 19.1 Å². The standard InChI is InChI=1S/C35H41N5O4/c1-25(2)33(38-35(43)44-24-28-13-7-4-8-14-28)34(42)39-40(23-32(41)30(36)21-26-11-5-3-6-12-26)22-27-16-18-29(19-17-27)31-15-9-10-20-37-31/h3-20,25,30,32-33,41H,21-24,36H2,1-2H3,(H,38,43)(H,39,42)/t30-,32-,33?/m0/s1. The lowest BCUT2D eigenvalue weighted by Gasteiger charge is -2.31. The van der Waals surface area contributed by atoms with Crippen molar-refractivity contribution in [2.75, 3.05) is 6.54 Å². The van der Waals surface area contributed by atoms with E-state index >= 15 is 0 Å². The van der Waals surface area contributed by atoms with Gasteiger partial charge in [0.05, 0.1) is 11.8 Å². The SMILES string of the molecule is CC(C)C(NC(=O)OCc1ccccc1)C(=O)NN(Cc1ccc(-c2ccccn2)cc1)C[C@H](O)[C@@H](N)Cc1ccccc1. The van der Waals surface area contributed by atoms with E-state index in [9.17, 15) is 14.7 Å². The van der Waals surface area contributed by atoms with E-state index in [1.165, 1.54) is 0 Å². The average Bonchev–Trinajstić information content (AvgIpc) is 3.04. The molecule has 9 heteroatoms. The summed E-state index contributed by atoms with van der Waals surface area (Å²) in [5, 5.41) is 15.4. The summed E-state index contributed by atoms with van der Waals surface area (Å²) in [5.74, 6) is -0.658. The molecule has 0 aliphatic rings. The number of rotatable bonds is 14. The van der Waals surface area contributed by atoms with Gasteiger partial charge < -0.3 is 20.9 Å². The van der Waals surface area contributed by atoms with Gasteiger partial charge in [-0.25, -0.2) is 9.80 Å². The highest BCUT2D eigenvalue weighted by molar-refractivity contribution is 5.85. The summed E-state index contributed by atoms with van der Waals surface area (Å²) >= 11 is 0. The second-order valence-corrected chi connectivity index (χ2v) is 11.1. The van der Waals surface area contributed by atoms with Gasteiger partial charge in [0.15, 0.2) is 0 Å². The molecule has 230 valence electrons. The van der Waals surface area contributed by atoms with Gasteiger partial charge in [0, 0.05) is 30.9 Å². The number of aliphatic hydroxyl groups excluding tert-OH is 1. The van der Waals surface area contributed by atoms with Gasteiger partial charge in [0.2, 0.25) is 0 Å². The number of hydrazine groups is 1. The van der Waals surface area contributed by atoms with E-state index in [2.05, 4.69) is 15.7 Å². The molecular weight excluding hydrogens is 554 g/mol. The smallest absolute Gasteiger partial charge is 0.408 e. The van der Waals surface area contributed by atoms with Crippen LogP contribution in [0.4, 0.5) is 4.79 Å². The number of ether oxygens (including phenoxy) is 1. The first kappa shape index (κ1) is 32.3. The van der Waals surface area contributed by atoms with Gasteiger partial charge in [0.1, 0.15) is 12.6 Å². The number of aromatic nitrogens is 1. The van der Waals surface area contributed by atoms with Crippen molar-refractivity contribution >= 4 is 12.0 Å². The molecule has 5 N–H and O–H groups in total. The van der Waals surface area contributed by atoms with Crippen LogP contribution in [-0.4, -0.2) is 51.8 Å². The van der Waals surface area contributed by atoms with Crippen LogP contribution in [0, 0.1) is 5.92 Å². The van der Waals surface area contributed by atoms with Crippen LogP contribution < -0.4 is 16.5 Å². The zero-order chi connectivity index (χ0) is 31.3. The molecule has 0 bridgehead atoms. The van der Waals surface area contributed by atoms with E-state index in [0.29, 0.717) is 13.0 Å². The Morgan fingerprint density at radius 2 is 1.50 bits per heavy atom. The Morgan fingerprint density at radius 1 is 0.864 bits per heavy atom. The Labute approximate surface area is 259 Å². The predicted molar refractivity (Wildman–Crippen MR) is 171 cm³/mol. The third-order valence-electron chi connectivity index (χ3n) is 7.21. The van der Waals surface area contributed by atoms with Crippen LogP contribution in [0.25, 0.3) is 11.3 Å². The number of nitrogens with two attached hydrogens (primary N) is 1. The van der Waals surface area contributed by atoms with E-state index in [4.69, 9.17) is 10.5 Å². The molecule has 0 aliphatic heterocycles. The summed E-state index contributed by atoms with van der Waals surface area (Å²) in [7, 11) is 0. The number of aliphatic hydroxyl groups is 1. The molecule has 3 atom stereocenters. The number of pyridine rings is 1. The van der Waals surface area contributed by atoms with Crippen molar-refractivity contribution in [1.29, 1.82) is 0 Å². The van der Waals surface area contributed by atoms with Gasteiger partial charge in [0.25, 0.3) is 5.91 Å². The van der Waals surface area contributed by atoms with Gasteiger partial charge in [-0.05, 0) is 41.2 Å². The van der Waals surface area contributed by atoms with Crippen molar-refractivity contribution in [2.24, 2.45) is 11.7 Å². The monoisotopic (exact) mass is 595 g/mol. The Hall–Kier alpha value is -4.57. The van der Waals surface area contributed by atoms with E-state index < -0.39 is 30.2 Å². The number of hydrogen-bond donors (Lipinski definition) is 4. The summed E-state index contributed by atoms with van der Waals surface area (Å²) in [4.78, 5) is 30.5. The fourth-order valence-electron chi connectivity index (χ4n) is 4.72. The minimum Gasteiger partial charge on any atom is -0.445 e. The molecule has 4 rings (SSSR count). The molecule has 1 aromatic heterocycles. The lowest BCUT2D eigenvalue weighted by Crippen LogP contribution is -2.56. The summed E-state index contributed by atoms with van der Waals surface area (Å²) in [6.07, 6.45) is 0.595. The maximum Gasteiger partial charge on any atom is 0.408 e. The highest BCUT2D eigenvalue weighted by Gasteiger charge is 2.28. The molecule has 1 unspecified atom stereocenters. The molecule has 0 fully saturated rings. The molecule has 0 spiro atoms. The maximum atomic E-state index is 13.5. The Kier molecular flexibility index (Phi) is 12.0. The van der Waals surface area contributed by atoms with Gasteiger partial charge in [-0.15, -0.1) is 0 Å². The quantitative estimate of drug-likeness (QED) is 0.158. The lowest BCUT2D eigenvalue weighted by molar-refractivity contribution is -0.130. The average molecular weight is 596 g/mol. The molecule has 0 saturated carbocycles. The van der Waals surface area contributed by atoms with Crippen molar-refractivity contribution < 1.29 is 19.4 Å². The normalized spacial score (nSPS) is 13.2. The van der Waals surface area contributed by atoms with Gasteiger partial charge in [-0.3, -0.25) is 15.2 Å². The topological polar surface area (TPSA) is 130 Å². The molecule has 3 aromatic carbocycles. The molecule has 44 heavy (non-hydrogen) atoms. The number of hydrogen-bond acceptors (Lipinski definition) is 7. The fourth-order valence-corrected chi connectivity index (χ4v) is 4.72. The van der Waals surface area contributed by atoms with E-state index in [1.807, 2.05) is 117 Å². The number of nitrogens with one attached hydrogen (secondary N) is 2. The summed E-state index contributed by atoms with van der Waals surface area (Å²) in [6.45, 7) is 4.14. The summed E-state index contributed by atoms with van der Waals surface area (Å²) in [6, 6.07) is 31.2. The summed E-state index contributed by atoms with van der Waals surface area (Å²) < 4.78 is 5.35. The van der Waals surface area contributed by atoms with Crippen LogP contribution in [0.3, 0.4) is 0 Å². The third-order valence-corrected chi connectivity index (χ3v) is 7.21. The van der Waals surface area contributed by atoms with Crippen molar-refractivity contribution in [1.82, 2.24) is 20.7 Å². The van der Waals surface area contributed by atoms with Crippen LogP contribution in [0.1, 0.15) is 30.5 Å². The van der Waals surface area contributed by atoms with Crippen LogP contribution in [0.5, 0.6) is 0 Å². The van der Waals surface area contributed by atoms with Crippen LogP contribution in [0.2, 0.25) is 0 Å². The van der Waals surface area contributed by atoms with Crippen molar-refractivity contribution in [2.45, 2.75) is 51.6 Å². The first-order chi connectivity index (χ1) is 21.3. The minimum absolute atomic E-state index is 0.0744. The fraction of sp³-hybridized carbons (Fsp3) is 0.286. The molecule has 4 aromatic rings. The maximum absolute atomic E-state index is 13.5. The van der Waals surface area contributed by atoms with Gasteiger partial charge in [-0.2, -0.15) is 0 Å². The van der Waals surface area contributed by atoms with Crippen molar-refractivity contribution in [3.05, 3.63) is 126 Å². The van der Waals surface area contributed by atoms with Crippen molar-refractivity contribution in [3.8, 4) is 11.3 Å². The molecule has 0 saturated heterocycles. The highest BCUT2D eigenvalue weighted by atomic mass is 16.5. The number of nitrogens with zero attached hydrogens (tertiary/aromatic N) is 2. The third kappa shape index (κ3) is 10.0. The Balaban J connectivity index is 1.44. The van der Waals surface area contributed by atoms with Gasteiger partial charge in [-0.1, -0.05) is 105 Å². The van der Waals surface area contributed by atoms with E-state index in [1.54, 1.807) is 11.2 Å². The Morgan fingerprint density at radius 3 is 2.11 bits per heavy atom. The van der Waals surface area contributed by atoms with Gasteiger partial charge >= 0.3 is 6.09 Å². The molecule has 9 nitrogen and oxygen atoms in total. The minimum atomic E-state index is -0.940. The van der Waals surface area contributed by atoms with Crippen LogP contribution in [-0.2, 0) is 29.1 Å². The van der Waals surface area contributed by atoms with E-state index in [0.717, 1.165) is 27.9 Å². The number of carbonyl (C=O) groups excluding carboxylic acids is 2. The first-order valence-corrected chi connectivity index (χ1v) is 14.8. The Bertz CT molecular complexity index is 1440. The van der Waals surface area contributed by atoms with Crippen LogP contribution in [0.15, 0.2) is 109 Å². The number of benzene rings is 3. The molecular formula is C35H41N5O4. The molecule has 1 heterocycles. The zero-order valence-electron chi connectivity index (χ0n) is 25.2. The number of alkyl carbamates (subject to hydrolysis) is 1. The molecule has 0 aliphatic carbocycles. The second kappa shape index (κ2) is 16.3. The molecule has 0 radical (unpaired) electrons. The number of amides is 2. The van der Waals surface area contributed by atoms with Crippen LogP contribution >= 0.6 is 0 Å². The molecule has 2 amide bonds. The predicted octanol–water partition coefficient (Wildman–Crippen LogP) is 4.46.